The van der Waals surface area contributed by atoms with E-state index in [-0.39, 0.29) is 16.2 Å². The van der Waals surface area contributed by atoms with Crippen LogP contribution < -0.4 is 4.90 Å². The Bertz CT molecular complexity index is 3030. The third-order valence-electron chi connectivity index (χ3n) is 15.2. The number of hydrogen-bond donors (Lipinski definition) is 0. The van der Waals surface area contributed by atoms with Gasteiger partial charge in [-0.15, -0.1) is 0 Å². The average molecular weight is 798 g/mol. The van der Waals surface area contributed by atoms with E-state index < -0.39 is 0 Å². The molecule has 0 fully saturated rings. The summed E-state index contributed by atoms with van der Waals surface area (Å²) >= 11 is 0. The molecule has 1 spiro atoms. The summed E-state index contributed by atoms with van der Waals surface area (Å²) in [7, 11) is 0. The number of rotatable bonds is 5. The van der Waals surface area contributed by atoms with Gasteiger partial charge in [-0.05, 0) is 139 Å². The molecule has 0 aliphatic heterocycles. The maximum atomic E-state index is 2.57. The Morgan fingerprint density at radius 1 is 0.452 bits per heavy atom. The molecule has 2 atom stereocenters. The molecule has 12 rings (SSSR count). The van der Waals surface area contributed by atoms with Crippen LogP contribution in [0.25, 0.3) is 27.8 Å². The van der Waals surface area contributed by atoms with Crippen molar-refractivity contribution in [3.05, 3.63) is 250 Å². The second-order valence-corrected chi connectivity index (χ2v) is 19.1. The summed E-state index contributed by atoms with van der Waals surface area (Å²) in [4.78, 5) is 2.41. The van der Waals surface area contributed by atoms with Crippen molar-refractivity contribution in [1.82, 2.24) is 0 Å². The predicted octanol–water partition coefficient (Wildman–Crippen LogP) is 15.7. The third-order valence-corrected chi connectivity index (χ3v) is 15.2. The van der Waals surface area contributed by atoms with Crippen LogP contribution in [-0.4, -0.2) is 0 Å². The average Bonchev–Trinajstić information content (AvgIpc) is 3.74. The monoisotopic (exact) mass is 797 g/mol. The highest BCUT2D eigenvalue weighted by molar-refractivity contribution is 5.88. The maximum Gasteiger partial charge on any atom is 0.0531 e. The first-order valence-electron chi connectivity index (χ1n) is 22.6. The Balaban J connectivity index is 0.961. The molecule has 5 aliphatic carbocycles. The van der Waals surface area contributed by atoms with Crippen LogP contribution in [-0.2, 0) is 16.2 Å². The van der Waals surface area contributed by atoms with Gasteiger partial charge in [0.1, 0.15) is 0 Å². The van der Waals surface area contributed by atoms with Crippen molar-refractivity contribution in [2.24, 2.45) is 5.92 Å². The summed E-state index contributed by atoms with van der Waals surface area (Å²) in [5.41, 5.74) is 22.1. The molecule has 5 aliphatic rings. The van der Waals surface area contributed by atoms with E-state index in [1.807, 2.05) is 0 Å². The second-order valence-electron chi connectivity index (χ2n) is 19.1. The zero-order valence-corrected chi connectivity index (χ0v) is 36.1. The lowest BCUT2D eigenvalue weighted by atomic mass is 9.53. The molecule has 0 radical (unpaired) electrons. The summed E-state index contributed by atoms with van der Waals surface area (Å²) < 4.78 is 0. The minimum atomic E-state index is -0.294. The maximum absolute atomic E-state index is 2.57. The van der Waals surface area contributed by atoms with Crippen molar-refractivity contribution in [3.8, 4) is 22.3 Å². The first kappa shape index (κ1) is 37.1. The minimum absolute atomic E-state index is 0.101. The quantitative estimate of drug-likeness (QED) is 0.168. The molecule has 300 valence electrons. The molecule has 0 N–H and O–H groups in total. The molecule has 62 heavy (non-hydrogen) atoms. The molecule has 0 saturated carbocycles. The van der Waals surface area contributed by atoms with Crippen molar-refractivity contribution < 1.29 is 0 Å². The number of nitrogens with zero attached hydrogens (tertiary/aromatic N) is 1. The Morgan fingerprint density at radius 2 is 1.00 bits per heavy atom. The van der Waals surface area contributed by atoms with Crippen LogP contribution in [0.15, 0.2) is 200 Å². The fourth-order valence-electron chi connectivity index (χ4n) is 12.2. The van der Waals surface area contributed by atoms with Crippen LogP contribution in [0.5, 0.6) is 0 Å². The molecule has 1 nitrogen and oxygen atoms in total. The van der Waals surface area contributed by atoms with Crippen LogP contribution in [0, 0.1) is 5.92 Å². The standard InChI is InChI=1S/C61H51N/c1-59(2)52-23-13-15-25-54(52)61(55-26-16-14-24-53(55)59)51-22-12-11-21-47(51)50-35-30-43(38-58(50)61)42-29-34-48-49-36-33-46(39-57(49)60(3,4)56(48)37-42)62(44-19-9-6-10-20-44)45-31-27-41(28-32-45)40-17-7-5-8-18-40/h6-7,9-39,47,51H,5,8H2,1-4H3. The van der Waals surface area contributed by atoms with Crippen LogP contribution >= 0.6 is 0 Å². The van der Waals surface area contributed by atoms with Crippen LogP contribution in [0.3, 0.4) is 0 Å². The zero-order valence-electron chi connectivity index (χ0n) is 36.1. The molecule has 2 unspecified atom stereocenters. The van der Waals surface area contributed by atoms with Gasteiger partial charge in [0, 0.05) is 39.7 Å². The van der Waals surface area contributed by atoms with Gasteiger partial charge in [0.15, 0.2) is 0 Å². The molecule has 0 aromatic heterocycles. The van der Waals surface area contributed by atoms with Crippen molar-refractivity contribution in [3.63, 3.8) is 0 Å². The fraction of sp³-hybridized carbons (Fsp3) is 0.180. The normalized spacial score (nSPS) is 19.8. The molecule has 7 aromatic rings. The van der Waals surface area contributed by atoms with E-state index in [9.17, 15) is 0 Å². The lowest BCUT2D eigenvalue weighted by Gasteiger charge is -2.49. The SMILES string of the molecule is CC1(C)c2cc(-c3ccc4c(c3)C3(c5ccccc5C(C)(C)c5ccccc53)C3C=CC=CC43)ccc2-c2ccc(N(c3ccccc3)c3ccc(C4=CCCC=C4)cc3)cc21. The molecule has 0 saturated heterocycles. The summed E-state index contributed by atoms with van der Waals surface area (Å²) in [6.07, 6.45) is 18.6. The molecule has 0 amide bonds. The third kappa shape index (κ3) is 5.21. The number of fused-ring (bicyclic) bond motifs is 12. The number of anilines is 3. The Labute approximate surface area is 367 Å². The molecule has 0 bridgehead atoms. The highest BCUT2D eigenvalue weighted by atomic mass is 15.1. The van der Waals surface area contributed by atoms with Crippen LogP contribution in [0.1, 0.15) is 96.5 Å². The van der Waals surface area contributed by atoms with Gasteiger partial charge >= 0.3 is 0 Å². The summed E-state index contributed by atoms with van der Waals surface area (Å²) in [6, 6.07) is 60.4. The summed E-state index contributed by atoms with van der Waals surface area (Å²) in [6.45, 7) is 9.65. The van der Waals surface area contributed by atoms with Gasteiger partial charge in [0.25, 0.3) is 0 Å². The highest BCUT2D eigenvalue weighted by Crippen LogP contribution is 2.65. The fourth-order valence-corrected chi connectivity index (χ4v) is 12.2. The first-order valence-corrected chi connectivity index (χ1v) is 22.6. The van der Waals surface area contributed by atoms with Gasteiger partial charge in [-0.2, -0.15) is 0 Å². The molecular weight excluding hydrogens is 747 g/mol. The molecule has 1 heteroatoms. The Morgan fingerprint density at radius 3 is 1.69 bits per heavy atom. The Kier molecular flexibility index (Phi) is 8.17. The van der Waals surface area contributed by atoms with Gasteiger partial charge in [-0.25, -0.2) is 0 Å². The highest BCUT2D eigenvalue weighted by Gasteiger charge is 2.58. The van der Waals surface area contributed by atoms with Gasteiger partial charge in [-0.1, -0.05) is 179 Å². The molecule has 0 heterocycles. The van der Waals surface area contributed by atoms with E-state index in [1.54, 1.807) is 0 Å². The first-order chi connectivity index (χ1) is 30.3. The lowest BCUT2D eigenvalue weighted by Crippen LogP contribution is -2.44. The van der Waals surface area contributed by atoms with Gasteiger partial charge < -0.3 is 4.90 Å². The number of para-hydroxylation sites is 1. The van der Waals surface area contributed by atoms with Crippen molar-refractivity contribution in [1.29, 1.82) is 0 Å². The van der Waals surface area contributed by atoms with Crippen LogP contribution in [0.4, 0.5) is 17.1 Å². The molecular formula is C61H51N. The second kappa shape index (κ2) is 13.7. The zero-order chi connectivity index (χ0) is 41.8. The van der Waals surface area contributed by atoms with E-state index in [4.69, 9.17) is 0 Å². The lowest BCUT2D eigenvalue weighted by molar-refractivity contribution is 0.420. The van der Waals surface area contributed by atoms with Crippen molar-refractivity contribution in [2.45, 2.75) is 62.7 Å². The largest absolute Gasteiger partial charge is 0.310 e. The number of hydrogen-bond acceptors (Lipinski definition) is 1. The van der Waals surface area contributed by atoms with Gasteiger partial charge in [0.05, 0.1) is 5.41 Å². The van der Waals surface area contributed by atoms with E-state index in [1.165, 1.54) is 83.6 Å². The van der Waals surface area contributed by atoms with Gasteiger partial charge in [0.2, 0.25) is 0 Å². The Hall–Kier alpha value is -6.70. The summed E-state index contributed by atoms with van der Waals surface area (Å²) in [5, 5.41) is 0. The molecule has 7 aromatic carbocycles. The van der Waals surface area contributed by atoms with E-state index in [0.717, 1.165) is 24.2 Å². The number of benzene rings is 7. The van der Waals surface area contributed by atoms with Crippen molar-refractivity contribution in [2.75, 3.05) is 4.90 Å². The smallest absolute Gasteiger partial charge is 0.0531 e. The topological polar surface area (TPSA) is 3.24 Å². The van der Waals surface area contributed by atoms with E-state index in [2.05, 4.69) is 233 Å². The van der Waals surface area contributed by atoms with Crippen LogP contribution in [0.2, 0.25) is 0 Å². The minimum Gasteiger partial charge on any atom is -0.310 e. The predicted molar refractivity (Wildman–Crippen MR) is 260 cm³/mol. The summed E-state index contributed by atoms with van der Waals surface area (Å²) in [5.74, 6) is 0.604. The van der Waals surface area contributed by atoms with E-state index in [0.29, 0.717) is 11.8 Å². The van der Waals surface area contributed by atoms with Crippen molar-refractivity contribution >= 4 is 22.6 Å². The number of allylic oxidation sites excluding steroid dienone is 8. The van der Waals surface area contributed by atoms with Gasteiger partial charge in [-0.3, -0.25) is 0 Å². The van der Waals surface area contributed by atoms with E-state index >= 15 is 0 Å².